The van der Waals surface area contributed by atoms with Crippen LogP contribution in [0.2, 0.25) is 0 Å². The zero-order valence-corrected chi connectivity index (χ0v) is 12.2. The van der Waals surface area contributed by atoms with Gasteiger partial charge in [0.2, 0.25) is 0 Å². The standard InChI is InChI=1S/C19H19NO/c1-2-21-18-11-6-10-17(13-18)20-14-16-9-5-8-15-7-3-4-12-19(15)16/h3-13,20H,2,14H2,1H3. The molecule has 1 N–H and O–H groups in total. The maximum Gasteiger partial charge on any atom is 0.121 e. The van der Waals surface area contributed by atoms with Gasteiger partial charge in [0, 0.05) is 18.3 Å². The van der Waals surface area contributed by atoms with Gasteiger partial charge in [-0.3, -0.25) is 0 Å². The highest BCUT2D eigenvalue weighted by atomic mass is 16.5. The molecule has 0 radical (unpaired) electrons. The molecule has 3 aromatic carbocycles. The van der Waals surface area contributed by atoms with Gasteiger partial charge in [0.25, 0.3) is 0 Å². The molecule has 2 heteroatoms. The van der Waals surface area contributed by atoms with Crippen molar-refractivity contribution in [3.05, 3.63) is 72.3 Å². The molecule has 0 fully saturated rings. The van der Waals surface area contributed by atoms with Crippen molar-refractivity contribution >= 4 is 16.5 Å². The van der Waals surface area contributed by atoms with Crippen LogP contribution in [0, 0.1) is 0 Å². The van der Waals surface area contributed by atoms with Gasteiger partial charge < -0.3 is 10.1 Å². The summed E-state index contributed by atoms with van der Waals surface area (Å²) in [5.74, 6) is 0.903. The summed E-state index contributed by atoms with van der Waals surface area (Å²) in [5.41, 5.74) is 2.38. The third kappa shape index (κ3) is 3.16. The van der Waals surface area contributed by atoms with Crippen molar-refractivity contribution in [2.45, 2.75) is 13.5 Å². The monoisotopic (exact) mass is 277 g/mol. The lowest BCUT2D eigenvalue weighted by Crippen LogP contribution is -2.00. The van der Waals surface area contributed by atoms with Gasteiger partial charge in [-0.05, 0) is 35.4 Å². The number of hydrogen-bond acceptors (Lipinski definition) is 2. The van der Waals surface area contributed by atoms with Gasteiger partial charge in [-0.2, -0.15) is 0 Å². The van der Waals surface area contributed by atoms with E-state index in [-0.39, 0.29) is 0 Å². The van der Waals surface area contributed by atoms with Crippen molar-refractivity contribution in [2.24, 2.45) is 0 Å². The molecule has 106 valence electrons. The van der Waals surface area contributed by atoms with Crippen LogP contribution in [0.25, 0.3) is 10.8 Å². The molecule has 3 aromatic rings. The zero-order valence-electron chi connectivity index (χ0n) is 12.2. The quantitative estimate of drug-likeness (QED) is 0.719. The van der Waals surface area contributed by atoms with Crippen LogP contribution >= 0.6 is 0 Å². The highest BCUT2D eigenvalue weighted by molar-refractivity contribution is 5.85. The molecule has 0 spiro atoms. The highest BCUT2D eigenvalue weighted by Gasteiger charge is 2.01. The van der Waals surface area contributed by atoms with Crippen LogP contribution in [0.1, 0.15) is 12.5 Å². The second-order valence-corrected chi connectivity index (χ2v) is 4.95. The Morgan fingerprint density at radius 2 is 1.71 bits per heavy atom. The number of benzene rings is 3. The Bertz CT molecular complexity index is 731. The predicted octanol–water partition coefficient (Wildman–Crippen LogP) is 4.85. The van der Waals surface area contributed by atoms with Crippen LogP contribution in [-0.4, -0.2) is 6.61 Å². The third-order valence-corrected chi connectivity index (χ3v) is 3.51. The van der Waals surface area contributed by atoms with Gasteiger partial charge in [-0.25, -0.2) is 0 Å². The Morgan fingerprint density at radius 3 is 2.62 bits per heavy atom. The minimum atomic E-state index is 0.687. The lowest BCUT2D eigenvalue weighted by molar-refractivity contribution is 0.340. The normalized spacial score (nSPS) is 10.5. The van der Waals surface area contributed by atoms with E-state index < -0.39 is 0 Å². The Morgan fingerprint density at radius 1 is 0.905 bits per heavy atom. The van der Waals surface area contributed by atoms with E-state index >= 15 is 0 Å². The van der Waals surface area contributed by atoms with E-state index in [0.29, 0.717) is 6.61 Å². The summed E-state index contributed by atoms with van der Waals surface area (Å²) in [6, 6.07) is 23.0. The van der Waals surface area contributed by atoms with Crippen LogP contribution < -0.4 is 10.1 Å². The van der Waals surface area contributed by atoms with Crippen molar-refractivity contribution in [2.75, 3.05) is 11.9 Å². The Balaban J connectivity index is 1.79. The Hall–Kier alpha value is -2.48. The molecule has 2 nitrogen and oxygen atoms in total. The zero-order chi connectivity index (χ0) is 14.5. The average molecular weight is 277 g/mol. The summed E-state index contributed by atoms with van der Waals surface area (Å²) in [5, 5.41) is 6.05. The number of nitrogens with one attached hydrogen (secondary N) is 1. The summed E-state index contributed by atoms with van der Waals surface area (Å²) in [4.78, 5) is 0. The topological polar surface area (TPSA) is 21.3 Å². The van der Waals surface area contributed by atoms with Crippen molar-refractivity contribution in [3.63, 3.8) is 0 Å². The van der Waals surface area contributed by atoms with Crippen LogP contribution in [0.15, 0.2) is 66.7 Å². The number of anilines is 1. The van der Waals surface area contributed by atoms with Crippen LogP contribution in [-0.2, 0) is 6.54 Å². The number of ether oxygens (including phenoxy) is 1. The molecule has 0 aliphatic carbocycles. The molecule has 0 heterocycles. The third-order valence-electron chi connectivity index (χ3n) is 3.51. The molecule has 0 unspecified atom stereocenters. The molecule has 0 saturated heterocycles. The lowest BCUT2D eigenvalue weighted by Gasteiger charge is -2.11. The second kappa shape index (κ2) is 6.31. The molecule has 0 bridgehead atoms. The number of hydrogen-bond donors (Lipinski definition) is 1. The molecule has 0 saturated carbocycles. The molecule has 0 aromatic heterocycles. The average Bonchev–Trinajstić information content (AvgIpc) is 2.53. The molecule has 3 rings (SSSR count). The van der Waals surface area contributed by atoms with E-state index in [4.69, 9.17) is 4.74 Å². The summed E-state index contributed by atoms with van der Waals surface area (Å²) in [6.07, 6.45) is 0. The molecule has 0 atom stereocenters. The van der Waals surface area contributed by atoms with E-state index in [1.807, 2.05) is 25.1 Å². The molecular formula is C19H19NO. The first-order valence-corrected chi connectivity index (χ1v) is 7.30. The Labute approximate surface area is 125 Å². The Kier molecular flexibility index (Phi) is 4.06. The van der Waals surface area contributed by atoms with Gasteiger partial charge in [0.15, 0.2) is 0 Å². The van der Waals surface area contributed by atoms with E-state index in [0.717, 1.165) is 18.0 Å². The van der Waals surface area contributed by atoms with Gasteiger partial charge >= 0.3 is 0 Å². The maximum atomic E-state index is 5.53. The smallest absolute Gasteiger partial charge is 0.121 e. The van der Waals surface area contributed by atoms with E-state index in [1.165, 1.54) is 16.3 Å². The first kappa shape index (κ1) is 13.5. The molecule has 0 aliphatic rings. The van der Waals surface area contributed by atoms with E-state index in [9.17, 15) is 0 Å². The van der Waals surface area contributed by atoms with Crippen molar-refractivity contribution in [1.82, 2.24) is 0 Å². The van der Waals surface area contributed by atoms with Crippen molar-refractivity contribution in [1.29, 1.82) is 0 Å². The fraction of sp³-hybridized carbons (Fsp3) is 0.158. The summed E-state index contributed by atoms with van der Waals surface area (Å²) in [6.45, 7) is 3.49. The predicted molar refractivity (Wildman–Crippen MR) is 88.9 cm³/mol. The summed E-state index contributed by atoms with van der Waals surface area (Å²) >= 11 is 0. The largest absolute Gasteiger partial charge is 0.494 e. The number of rotatable bonds is 5. The maximum absolute atomic E-state index is 5.53. The molecule has 0 amide bonds. The fourth-order valence-corrected chi connectivity index (χ4v) is 2.51. The second-order valence-electron chi connectivity index (χ2n) is 4.95. The molecule has 0 aliphatic heterocycles. The van der Waals surface area contributed by atoms with Crippen LogP contribution in [0.3, 0.4) is 0 Å². The minimum absolute atomic E-state index is 0.687. The highest BCUT2D eigenvalue weighted by Crippen LogP contribution is 2.21. The SMILES string of the molecule is CCOc1cccc(NCc2cccc3ccccc23)c1. The minimum Gasteiger partial charge on any atom is -0.494 e. The lowest BCUT2D eigenvalue weighted by atomic mass is 10.0. The summed E-state index contributed by atoms with van der Waals surface area (Å²) < 4.78 is 5.53. The van der Waals surface area contributed by atoms with Gasteiger partial charge in [0.05, 0.1) is 6.61 Å². The molecular weight excluding hydrogens is 258 g/mol. The van der Waals surface area contributed by atoms with Crippen LogP contribution in [0.4, 0.5) is 5.69 Å². The van der Waals surface area contributed by atoms with Crippen molar-refractivity contribution < 1.29 is 4.74 Å². The van der Waals surface area contributed by atoms with E-state index in [2.05, 4.69) is 53.8 Å². The first-order chi connectivity index (χ1) is 10.4. The first-order valence-electron chi connectivity index (χ1n) is 7.30. The number of fused-ring (bicyclic) bond motifs is 1. The molecule has 21 heavy (non-hydrogen) atoms. The van der Waals surface area contributed by atoms with Gasteiger partial charge in [-0.1, -0.05) is 48.5 Å². The van der Waals surface area contributed by atoms with Crippen molar-refractivity contribution in [3.8, 4) is 5.75 Å². The summed E-state index contributed by atoms with van der Waals surface area (Å²) in [7, 11) is 0. The van der Waals surface area contributed by atoms with Gasteiger partial charge in [0.1, 0.15) is 5.75 Å². The van der Waals surface area contributed by atoms with Gasteiger partial charge in [-0.15, -0.1) is 0 Å². The fourth-order valence-electron chi connectivity index (χ4n) is 2.51. The van der Waals surface area contributed by atoms with Crippen LogP contribution in [0.5, 0.6) is 5.75 Å². The van der Waals surface area contributed by atoms with E-state index in [1.54, 1.807) is 0 Å².